The molecule has 0 saturated carbocycles. The van der Waals surface area contributed by atoms with Crippen LogP contribution in [0.15, 0.2) is 66.0 Å². The van der Waals surface area contributed by atoms with Crippen LogP contribution in [0.5, 0.6) is 0 Å². The second-order valence-corrected chi connectivity index (χ2v) is 9.44. The first kappa shape index (κ1) is 23.1. The first-order chi connectivity index (χ1) is 16.0. The average Bonchev–Trinajstić information content (AvgIpc) is 3.35. The summed E-state index contributed by atoms with van der Waals surface area (Å²) >= 11 is 1.63. The number of piperidine rings is 1. The van der Waals surface area contributed by atoms with Gasteiger partial charge >= 0.3 is 0 Å². The highest BCUT2D eigenvalue weighted by Gasteiger charge is 2.24. The second-order valence-electron chi connectivity index (χ2n) is 8.46. The van der Waals surface area contributed by atoms with E-state index in [-0.39, 0.29) is 29.7 Å². The van der Waals surface area contributed by atoms with Gasteiger partial charge in [0.2, 0.25) is 5.91 Å². The molecule has 0 aliphatic carbocycles. The smallest absolute Gasteiger partial charge is 0.251 e. The summed E-state index contributed by atoms with van der Waals surface area (Å²) in [4.78, 5) is 28.5. The predicted octanol–water partition coefficient (Wildman–Crippen LogP) is 4.30. The van der Waals surface area contributed by atoms with Gasteiger partial charge in [0.05, 0.1) is 12.6 Å². The van der Waals surface area contributed by atoms with Crippen molar-refractivity contribution >= 4 is 23.2 Å². The molecule has 2 heterocycles. The quantitative estimate of drug-likeness (QED) is 0.547. The number of halogens is 1. The summed E-state index contributed by atoms with van der Waals surface area (Å²) in [6.45, 7) is 3.84. The van der Waals surface area contributed by atoms with Crippen molar-refractivity contribution in [3.8, 4) is 0 Å². The van der Waals surface area contributed by atoms with Crippen molar-refractivity contribution in [3.05, 3.63) is 93.4 Å². The largest absolute Gasteiger partial charge is 0.349 e. The molecule has 4 rings (SSSR count). The van der Waals surface area contributed by atoms with E-state index in [1.54, 1.807) is 11.3 Å². The first-order valence-corrected chi connectivity index (χ1v) is 12.0. The molecule has 1 atom stereocenters. The van der Waals surface area contributed by atoms with Gasteiger partial charge in [-0.1, -0.05) is 35.9 Å². The SMILES string of the molecule is Cc1ccc(C(NC(=O)CN2CCC(NC(=O)c3ccc(F)cc3)CC2)c2cccs2)cc1. The minimum absolute atomic E-state index is 0.0113. The maximum absolute atomic E-state index is 13.1. The molecule has 2 amide bonds. The normalized spacial score (nSPS) is 15.7. The molecule has 0 spiro atoms. The standard InChI is InChI=1S/C26H28FN3O2S/c1-18-4-6-19(7-5-18)25(23-3-2-16-33-23)29-24(31)17-30-14-12-22(13-15-30)28-26(32)20-8-10-21(27)11-9-20/h2-11,16,22,25H,12-15,17H2,1H3,(H,28,32)(H,29,31). The summed E-state index contributed by atoms with van der Waals surface area (Å²) in [6, 6.07) is 17.7. The number of carbonyl (C=O) groups is 2. The van der Waals surface area contributed by atoms with E-state index in [2.05, 4.69) is 39.8 Å². The van der Waals surface area contributed by atoms with Crippen LogP contribution in [-0.2, 0) is 4.79 Å². The Balaban J connectivity index is 1.28. The number of amides is 2. The first-order valence-electron chi connectivity index (χ1n) is 11.2. The molecule has 2 aromatic carbocycles. The fourth-order valence-electron chi connectivity index (χ4n) is 4.05. The number of aryl methyl sites for hydroxylation is 1. The molecule has 172 valence electrons. The zero-order chi connectivity index (χ0) is 23.2. The van der Waals surface area contributed by atoms with Crippen molar-refractivity contribution in [2.45, 2.75) is 31.8 Å². The maximum Gasteiger partial charge on any atom is 0.251 e. The van der Waals surface area contributed by atoms with Gasteiger partial charge in [0.1, 0.15) is 5.82 Å². The van der Waals surface area contributed by atoms with Crippen LogP contribution < -0.4 is 10.6 Å². The van der Waals surface area contributed by atoms with Crippen LogP contribution in [-0.4, -0.2) is 42.4 Å². The summed E-state index contributed by atoms with van der Waals surface area (Å²) in [5.41, 5.74) is 2.71. The lowest BCUT2D eigenvalue weighted by Crippen LogP contribution is -2.47. The van der Waals surface area contributed by atoms with Gasteiger partial charge in [0.25, 0.3) is 5.91 Å². The van der Waals surface area contributed by atoms with Crippen LogP contribution in [0, 0.1) is 12.7 Å². The van der Waals surface area contributed by atoms with E-state index >= 15 is 0 Å². The number of benzene rings is 2. The molecule has 2 N–H and O–H groups in total. The van der Waals surface area contributed by atoms with Crippen molar-refractivity contribution in [1.29, 1.82) is 0 Å². The lowest BCUT2D eigenvalue weighted by atomic mass is 10.0. The van der Waals surface area contributed by atoms with E-state index in [1.807, 2.05) is 24.4 Å². The third-order valence-corrected chi connectivity index (χ3v) is 6.88. The van der Waals surface area contributed by atoms with E-state index in [1.165, 1.54) is 29.8 Å². The fourth-order valence-corrected chi connectivity index (χ4v) is 4.85. The van der Waals surface area contributed by atoms with Gasteiger partial charge in [-0.25, -0.2) is 4.39 Å². The lowest BCUT2D eigenvalue weighted by molar-refractivity contribution is -0.123. The van der Waals surface area contributed by atoms with Gasteiger partial charge in [-0.3, -0.25) is 14.5 Å². The van der Waals surface area contributed by atoms with Crippen LogP contribution in [0.25, 0.3) is 0 Å². The highest BCUT2D eigenvalue weighted by molar-refractivity contribution is 7.10. The van der Waals surface area contributed by atoms with Crippen LogP contribution in [0.3, 0.4) is 0 Å². The van der Waals surface area contributed by atoms with Crippen molar-refractivity contribution in [2.24, 2.45) is 0 Å². The Bertz CT molecular complexity index is 1060. The number of carbonyl (C=O) groups excluding carboxylic acids is 2. The number of thiophene rings is 1. The summed E-state index contributed by atoms with van der Waals surface area (Å²) in [6.07, 6.45) is 1.54. The van der Waals surface area contributed by atoms with E-state index in [4.69, 9.17) is 0 Å². The fraction of sp³-hybridized carbons (Fsp3) is 0.308. The van der Waals surface area contributed by atoms with Crippen molar-refractivity contribution in [1.82, 2.24) is 15.5 Å². The van der Waals surface area contributed by atoms with E-state index < -0.39 is 0 Å². The topological polar surface area (TPSA) is 61.4 Å². The third kappa shape index (κ3) is 6.27. The van der Waals surface area contributed by atoms with Gasteiger partial charge in [-0.2, -0.15) is 0 Å². The summed E-state index contributed by atoms with van der Waals surface area (Å²) < 4.78 is 13.1. The molecular formula is C26H28FN3O2S. The Kier molecular flexibility index (Phi) is 7.52. The Labute approximate surface area is 197 Å². The summed E-state index contributed by atoms with van der Waals surface area (Å²) in [5.74, 6) is -0.562. The molecule has 33 heavy (non-hydrogen) atoms. The zero-order valence-electron chi connectivity index (χ0n) is 18.6. The van der Waals surface area contributed by atoms with Gasteiger partial charge in [0.15, 0.2) is 0 Å². The molecule has 1 saturated heterocycles. The second kappa shape index (κ2) is 10.7. The number of likely N-dealkylation sites (tertiary alicyclic amines) is 1. The van der Waals surface area contributed by atoms with Gasteiger partial charge in [-0.05, 0) is 61.0 Å². The molecule has 1 fully saturated rings. The van der Waals surface area contributed by atoms with Crippen molar-refractivity contribution in [2.75, 3.05) is 19.6 Å². The number of hydrogen-bond donors (Lipinski definition) is 2. The van der Waals surface area contributed by atoms with Gasteiger partial charge < -0.3 is 10.6 Å². The van der Waals surface area contributed by atoms with Gasteiger partial charge in [-0.15, -0.1) is 11.3 Å². The Morgan fingerprint density at radius 2 is 1.76 bits per heavy atom. The molecule has 1 aliphatic rings. The minimum Gasteiger partial charge on any atom is -0.349 e. The Morgan fingerprint density at radius 1 is 1.06 bits per heavy atom. The molecule has 7 heteroatoms. The monoisotopic (exact) mass is 465 g/mol. The molecule has 3 aromatic rings. The summed E-state index contributed by atoms with van der Waals surface area (Å²) in [7, 11) is 0. The molecule has 5 nitrogen and oxygen atoms in total. The lowest BCUT2D eigenvalue weighted by Gasteiger charge is -2.32. The third-order valence-electron chi connectivity index (χ3n) is 5.94. The molecule has 1 unspecified atom stereocenters. The van der Waals surface area contributed by atoms with Crippen LogP contribution >= 0.6 is 11.3 Å². The molecule has 1 aromatic heterocycles. The zero-order valence-corrected chi connectivity index (χ0v) is 19.4. The van der Waals surface area contributed by atoms with Crippen LogP contribution in [0.1, 0.15) is 45.2 Å². The number of rotatable bonds is 7. The molecule has 0 radical (unpaired) electrons. The minimum atomic E-state index is -0.359. The molecular weight excluding hydrogens is 437 g/mol. The number of hydrogen-bond acceptors (Lipinski definition) is 4. The Morgan fingerprint density at radius 3 is 2.39 bits per heavy atom. The molecule has 1 aliphatic heterocycles. The summed E-state index contributed by atoms with van der Waals surface area (Å²) in [5, 5.41) is 8.24. The van der Waals surface area contributed by atoms with E-state index in [9.17, 15) is 14.0 Å². The Hall–Kier alpha value is -3.03. The number of nitrogens with one attached hydrogen (secondary N) is 2. The van der Waals surface area contributed by atoms with Gasteiger partial charge in [0, 0.05) is 29.6 Å². The van der Waals surface area contributed by atoms with Crippen molar-refractivity contribution < 1.29 is 14.0 Å². The highest BCUT2D eigenvalue weighted by atomic mass is 32.1. The van der Waals surface area contributed by atoms with Crippen molar-refractivity contribution in [3.63, 3.8) is 0 Å². The highest BCUT2D eigenvalue weighted by Crippen LogP contribution is 2.26. The van der Waals surface area contributed by atoms with Crippen LogP contribution in [0.4, 0.5) is 4.39 Å². The van der Waals surface area contributed by atoms with Crippen LogP contribution in [0.2, 0.25) is 0 Å². The number of nitrogens with zero attached hydrogens (tertiary/aromatic N) is 1. The van der Waals surface area contributed by atoms with E-state index in [0.717, 1.165) is 36.4 Å². The van der Waals surface area contributed by atoms with E-state index in [0.29, 0.717) is 12.1 Å². The molecule has 0 bridgehead atoms. The maximum atomic E-state index is 13.1. The predicted molar refractivity (Wildman–Crippen MR) is 129 cm³/mol. The average molecular weight is 466 g/mol.